The lowest BCUT2D eigenvalue weighted by atomic mass is 9.49. The number of hydrogen-bond acceptors (Lipinski definition) is 2. The molecule has 1 saturated heterocycles. The highest BCUT2D eigenvalue weighted by Gasteiger charge is 2.51. The monoisotopic (exact) mass is 277 g/mol. The van der Waals surface area contributed by atoms with Gasteiger partial charge in [0, 0.05) is 19.5 Å². The van der Waals surface area contributed by atoms with Gasteiger partial charge in [0.15, 0.2) is 0 Å². The van der Waals surface area contributed by atoms with Crippen molar-refractivity contribution in [1.29, 1.82) is 0 Å². The minimum atomic E-state index is -0.619. The molecule has 0 amide bonds. The van der Waals surface area contributed by atoms with Crippen LogP contribution < -0.4 is 0 Å². The maximum Gasteiger partial charge on any atom is 0.303 e. The van der Waals surface area contributed by atoms with Crippen molar-refractivity contribution in [3.8, 4) is 0 Å². The lowest BCUT2D eigenvalue weighted by Crippen LogP contribution is -2.50. The van der Waals surface area contributed by atoms with Gasteiger partial charge in [0.1, 0.15) is 0 Å². The largest absolute Gasteiger partial charge is 0.481 e. The standard InChI is InChI=1S/C17H27NO2/c19-16(20)6-12-1-2-18(10-12)11-17-7-13-3-14(8-17)5-15(4-13)9-17/h12-15H,1-11H2,(H,19,20). The molecule has 0 aromatic heterocycles. The Balaban J connectivity index is 1.39. The first-order valence-corrected chi connectivity index (χ1v) is 8.54. The predicted octanol–water partition coefficient (Wildman–Crippen LogP) is 3.00. The van der Waals surface area contributed by atoms with E-state index in [1.165, 1.54) is 45.1 Å². The minimum absolute atomic E-state index is 0.372. The lowest BCUT2D eigenvalue weighted by molar-refractivity contribution is -0.138. The topological polar surface area (TPSA) is 40.5 Å². The predicted molar refractivity (Wildman–Crippen MR) is 77.4 cm³/mol. The van der Waals surface area contributed by atoms with Crippen molar-refractivity contribution < 1.29 is 9.90 Å². The summed E-state index contributed by atoms with van der Waals surface area (Å²) in [6, 6.07) is 0. The molecule has 5 fully saturated rings. The number of nitrogens with zero attached hydrogens (tertiary/aromatic N) is 1. The molecule has 112 valence electrons. The molecule has 4 bridgehead atoms. The highest BCUT2D eigenvalue weighted by atomic mass is 16.4. The van der Waals surface area contributed by atoms with E-state index < -0.39 is 5.97 Å². The van der Waals surface area contributed by atoms with Gasteiger partial charge in [0.05, 0.1) is 0 Å². The molecule has 1 N–H and O–H groups in total. The fourth-order valence-electron chi connectivity index (χ4n) is 6.43. The van der Waals surface area contributed by atoms with Gasteiger partial charge in [-0.05, 0) is 80.6 Å². The molecule has 0 aromatic rings. The lowest BCUT2D eigenvalue weighted by Gasteiger charge is -2.57. The Kier molecular flexibility index (Phi) is 3.10. The molecule has 4 aliphatic carbocycles. The van der Waals surface area contributed by atoms with Gasteiger partial charge >= 0.3 is 5.97 Å². The van der Waals surface area contributed by atoms with Crippen molar-refractivity contribution in [1.82, 2.24) is 4.90 Å². The number of carboxylic acid groups (broad SMARTS) is 1. The van der Waals surface area contributed by atoms with Crippen LogP contribution in [-0.4, -0.2) is 35.6 Å². The molecule has 1 aliphatic heterocycles. The highest BCUT2D eigenvalue weighted by molar-refractivity contribution is 5.67. The maximum atomic E-state index is 10.9. The first-order chi connectivity index (χ1) is 9.60. The Morgan fingerprint density at radius 2 is 1.70 bits per heavy atom. The van der Waals surface area contributed by atoms with Crippen LogP contribution in [0.2, 0.25) is 0 Å². The first kappa shape index (κ1) is 13.1. The van der Waals surface area contributed by atoms with E-state index in [1.807, 2.05) is 0 Å². The Labute approximate surface area is 121 Å². The smallest absolute Gasteiger partial charge is 0.303 e. The zero-order valence-electron chi connectivity index (χ0n) is 12.4. The van der Waals surface area contributed by atoms with Crippen molar-refractivity contribution in [2.45, 2.75) is 51.4 Å². The summed E-state index contributed by atoms with van der Waals surface area (Å²) in [7, 11) is 0. The second-order valence-corrected chi connectivity index (χ2v) is 8.41. The molecular formula is C17H27NO2. The summed E-state index contributed by atoms with van der Waals surface area (Å²) in [5.74, 6) is 2.86. The fraction of sp³-hybridized carbons (Fsp3) is 0.941. The molecule has 0 aromatic carbocycles. The van der Waals surface area contributed by atoms with Crippen LogP contribution in [0.3, 0.4) is 0 Å². The van der Waals surface area contributed by atoms with Crippen LogP contribution in [0.15, 0.2) is 0 Å². The van der Waals surface area contributed by atoms with Gasteiger partial charge in [0.25, 0.3) is 0 Å². The normalized spacial score (nSPS) is 47.0. The molecule has 1 atom stereocenters. The molecule has 5 rings (SSSR count). The number of carbonyl (C=O) groups is 1. The van der Waals surface area contributed by atoms with E-state index in [9.17, 15) is 4.79 Å². The molecule has 1 heterocycles. The summed E-state index contributed by atoms with van der Waals surface area (Å²) in [5, 5.41) is 8.94. The number of aliphatic carboxylic acids is 1. The van der Waals surface area contributed by atoms with Crippen LogP contribution in [0.25, 0.3) is 0 Å². The summed E-state index contributed by atoms with van der Waals surface area (Å²) in [6.45, 7) is 3.44. The Hall–Kier alpha value is -0.570. The van der Waals surface area contributed by atoms with Gasteiger partial charge in [0.2, 0.25) is 0 Å². The molecule has 20 heavy (non-hydrogen) atoms. The van der Waals surface area contributed by atoms with E-state index >= 15 is 0 Å². The number of likely N-dealkylation sites (tertiary alicyclic amines) is 1. The molecule has 0 spiro atoms. The Bertz CT molecular complexity index is 371. The van der Waals surface area contributed by atoms with Crippen LogP contribution in [0, 0.1) is 29.1 Å². The van der Waals surface area contributed by atoms with Crippen LogP contribution in [0.1, 0.15) is 51.4 Å². The van der Waals surface area contributed by atoms with E-state index in [0.717, 1.165) is 37.3 Å². The molecule has 0 radical (unpaired) electrons. The van der Waals surface area contributed by atoms with Crippen molar-refractivity contribution >= 4 is 5.97 Å². The zero-order valence-corrected chi connectivity index (χ0v) is 12.4. The van der Waals surface area contributed by atoms with Gasteiger partial charge in [-0.25, -0.2) is 0 Å². The molecule has 1 unspecified atom stereocenters. The maximum absolute atomic E-state index is 10.9. The van der Waals surface area contributed by atoms with Crippen molar-refractivity contribution in [3.05, 3.63) is 0 Å². The van der Waals surface area contributed by atoms with E-state index in [0.29, 0.717) is 17.8 Å². The Morgan fingerprint density at radius 3 is 2.25 bits per heavy atom. The van der Waals surface area contributed by atoms with Gasteiger partial charge in [-0.15, -0.1) is 0 Å². The average Bonchev–Trinajstić information content (AvgIpc) is 2.72. The summed E-state index contributed by atoms with van der Waals surface area (Å²) >= 11 is 0. The summed E-state index contributed by atoms with van der Waals surface area (Å²) in [4.78, 5) is 13.5. The average molecular weight is 277 g/mol. The van der Waals surface area contributed by atoms with Gasteiger partial charge in [-0.1, -0.05) is 0 Å². The third kappa shape index (κ3) is 2.38. The fourth-order valence-corrected chi connectivity index (χ4v) is 6.43. The first-order valence-electron chi connectivity index (χ1n) is 8.54. The van der Waals surface area contributed by atoms with Crippen molar-refractivity contribution in [2.75, 3.05) is 19.6 Å². The second kappa shape index (κ2) is 4.72. The third-order valence-corrected chi connectivity index (χ3v) is 6.56. The zero-order chi connectivity index (χ0) is 13.7. The molecule has 4 saturated carbocycles. The van der Waals surface area contributed by atoms with Crippen LogP contribution in [0.5, 0.6) is 0 Å². The van der Waals surface area contributed by atoms with E-state index in [-0.39, 0.29) is 0 Å². The third-order valence-electron chi connectivity index (χ3n) is 6.56. The van der Waals surface area contributed by atoms with Crippen molar-refractivity contribution in [2.24, 2.45) is 29.1 Å². The van der Waals surface area contributed by atoms with E-state index in [4.69, 9.17) is 5.11 Å². The highest BCUT2D eigenvalue weighted by Crippen LogP contribution is 2.60. The molecular weight excluding hydrogens is 250 g/mol. The number of rotatable bonds is 4. The van der Waals surface area contributed by atoms with Crippen LogP contribution in [0.4, 0.5) is 0 Å². The molecule has 3 nitrogen and oxygen atoms in total. The van der Waals surface area contributed by atoms with Crippen LogP contribution >= 0.6 is 0 Å². The van der Waals surface area contributed by atoms with Gasteiger partial charge in [-0.2, -0.15) is 0 Å². The SMILES string of the molecule is O=C(O)CC1CCN(CC23CC4CC(CC(C4)C2)C3)C1. The van der Waals surface area contributed by atoms with Crippen LogP contribution in [-0.2, 0) is 4.79 Å². The quantitative estimate of drug-likeness (QED) is 0.859. The minimum Gasteiger partial charge on any atom is -0.481 e. The van der Waals surface area contributed by atoms with E-state index in [2.05, 4.69) is 4.90 Å². The van der Waals surface area contributed by atoms with E-state index in [1.54, 1.807) is 0 Å². The molecule has 5 aliphatic rings. The number of hydrogen-bond donors (Lipinski definition) is 1. The summed E-state index contributed by atoms with van der Waals surface area (Å²) in [6.07, 6.45) is 10.4. The van der Waals surface area contributed by atoms with Gasteiger partial charge in [-0.3, -0.25) is 4.79 Å². The summed E-state index contributed by atoms with van der Waals surface area (Å²) in [5.41, 5.74) is 0.618. The summed E-state index contributed by atoms with van der Waals surface area (Å²) < 4.78 is 0. The van der Waals surface area contributed by atoms with Crippen molar-refractivity contribution in [3.63, 3.8) is 0 Å². The van der Waals surface area contributed by atoms with Gasteiger partial charge < -0.3 is 10.0 Å². The molecule has 3 heteroatoms. The Morgan fingerprint density at radius 1 is 1.10 bits per heavy atom. The second-order valence-electron chi connectivity index (χ2n) is 8.41. The number of carboxylic acids is 1.